The van der Waals surface area contributed by atoms with E-state index in [-0.39, 0.29) is 17.6 Å². The number of carbonyl (C=O) groups is 2. The molecule has 0 saturated heterocycles. The Morgan fingerprint density at radius 2 is 1.71 bits per heavy atom. The molecule has 0 aliphatic carbocycles. The average molecular weight is 499 g/mol. The monoisotopic (exact) mass is 498 g/mol. The van der Waals surface area contributed by atoms with Crippen LogP contribution in [0.1, 0.15) is 41.5 Å². The zero-order valence-corrected chi connectivity index (χ0v) is 21.8. The lowest BCUT2D eigenvalue weighted by Gasteiger charge is -2.20. The maximum Gasteiger partial charge on any atom is 0.411 e. The molecule has 7 nitrogen and oxygen atoms in total. The predicted molar refractivity (Wildman–Crippen MR) is 141 cm³/mol. The van der Waals surface area contributed by atoms with Gasteiger partial charge in [0.15, 0.2) is 0 Å². The second kappa shape index (κ2) is 11.0. The number of hydrogen-bond acceptors (Lipinski definition) is 7. The topological polar surface area (TPSA) is 92.4 Å². The second-order valence-electron chi connectivity index (χ2n) is 9.03. The standard InChI is InChI=1S/C25H30N4O3S2/c1-15(2)32-24(31)28-18-9-7-17(8-10-18)23-26-14-22(33-23)20-12-11-19(27-16(3)30)13-21(20)34-29-25(4,5)6/h7-15,29H,1-6H3,(H,27,30)(H,28,31). The van der Waals surface area contributed by atoms with E-state index in [1.165, 1.54) is 18.9 Å². The Kier molecular flexibility index (Phi) is 8.35. The number of thiazole rings is 1. The second-order valence-corrected chi connectivity index (χ2v) is 10.9. The van der Waals surface area contributed by atoms with E-state index in [4.69, 9.17) is 4.74 Å². The summed E-state index contributed by atoms with van der Waals surface area (Å²) >= 11 is 3.12. The van der Waals surface area contributed by atoms with Crippen molar-refractivity contribution in [2.75, 3.05) is 10.6 Å². The van der Waals surface area contributed by atoms with Gasteiger partial charge in [0.2, 0.25) is 5.91 Å². The maximum absolute atomic E-state index is 11.8. The molecule has 34 heavy (non-hydrogen) atoms. The third kappa shape index (κ3) is 7.58. The molecule has 3 aromatic rings. The lowest BCUT2D eigenvalue weighted by molar-refractivity contribution is -0.114. The molecule has 1 aromatic heterocycles. The molecule has 2 amide bonds. The highest BCUT2D eigenvalue weighted by atomic mass is 32.2. The van der Waals surface area contributed by atoms with Crippen LogP contribution in [0, 0.1) is 0 Å². The zero-order chi connectivity index (χ0) is 24.9. The van der Waals surface area contributed by atoms with Gasteiger partial charge in [0.1, 0.15) is 5.01 Å². The van der Waals surface area contributed by atoms with E-state index in [1.54, 1.807) is 25.2 Å². The molecule has 3 N–H and O–H groups in total. The van der Waals surface area contributed by atoms with E-state index in [0.717, 1.165) is 31.6 Å². The van der Waals surface area contributed by atoms with Crippen LogP contribution in [0.4, 0.5) is 16.2 Å². The smallest absolute Gasteiger partial charge is 0.411 e. The maximum atomic E-state index is 11.8. The van der Waals surface area contributed by atoms with E-state index in [1.807, 2.05) is 48.7 Å². The van der Waals surface area contributed by atoms with Crippen molar-refractivity contribution in [3.63, 3.8) is 0 Å². The van der Waals surface area contributed by atoms with Gasteiger partial charge in [-0.3, -0.25) is 14.8 Å². The third-order valence-electron chi connectivity index (χ3n) is 4.26. The number of aromatic nitrogens is 1. The molecule has 0 saturated carbocycles. The number of hydrogen-bond donors (Lipinski definition) is 3. The van der Waals surface area contributed by atoms with Crippen molar-refractivity contribution in [2.45, 2.75) is 58.1 Å². The Balaban J connectivity index is 1.83. The van der Waals surface area contributed by atoms with Crippen molar-refractivity contribution in [2.24, 2.45) is 0 Å². The van der Waals surface area contributed by atoms with E-state index in [9.17, 15) is 9.59 Å². The summed E-state index contributed by atoms with van der Waals surface area (Å²) in [5.41, 5.74) is 3.32. The number of rotatable bonds is 7. The molecule has 0 bridgehead atoms. The molecular weight excluding hydrogens is 468 g/mol. The van der Waals surface area contributed by atoms with Crippen LogP contribution >= 0.6 is 23.3 Å². The molecule has 0 aliphatic heterocycles. The zero-order valence-electron chi connectivity index (χ0n) is 20.2. The van der Waals surface area contributed by atoms with Crippen LogP contribution in [0.25, 0.3) is 21.0 Å². The molecule has 0 fully saturated rings. The van der Waals surface area contributed by atoms with Gasteiger partial charge in [-0.05, 0) is 83.0 Å². The number of benzene rings is 2. The lowest BCUT2D eigenvalue weighted by Crippen LogP contribution is -2.29. The highest BCUT2D eigenvalue weighted by Gasteiger charge is 2.16. The van der Waals surface area contributed by atoms with Crippen molar-refractivity contribution in [1.82, 2.24) is 9.71 Å². The van der Waals surface area contributed by atoms with Crippen LogP contribution in [0.15, 0.2) is 53.6 Å². The molecule has 0 atom stereocenters. The molecule has 2 aromatic carbocycles. The molecule has 0 unspecified atom stereocenters. The quantitative estimate of drug-likeness (QED) is 0.311. The highest BCUT2D eigenvalue weighted by molar-refractivity contribution is 7.97. The fraction of sp³-hybridized carbons (Fsp3) is 0.320. The van der Waals surface area contributed by atoms with Crippen LogP contribution in [-0.4, -0.2) is 28.6 Å². The first kappa shape index (κ1) is 25.7. The largest absolute Gasteiger partial charge is 0.447 e. The van der Waals surface area contributed by atoms with Gasteiger partial charge in [-0.25, -0.2) is 9.78 Å². The summed E-state index contributed by atoms with van der Waals surface area (Å²) in [6, 6.07) is 13.4. The number of amides is 2. The molecule has 3 rings (SSSR count). The number of nitrogens with zero attached hydrogens (tertiary/aromatic N) is 1. The van der Waals surface area contributed by atoms with Crippen LogP contribution in [0.3, 0.4) is 0 Å². The SMILES string of the molecule is CC(=O)Nc1ccc(-c2cnc(-c3ccc(NC(=O)OC(C)C)cc3)s2)c(SNC(C)(C)C)c1. The van der Waals surface area contributed by atoms with E-state index >= 15 is 0 Å². The minimum atomic E-state index is -0.476. The van der Waals surface area contributed by atoms with Crippen LogP contribution in [-0.2, 0) is 9.53 Å². The lowest BCUT2D eigenvalue weighted by atomic mass is 10.1. The molecule has 0 aliphatic rings. The van der Waals surface area contributed by atoms with Crippen molar-refractivity contribution in [1.29, 1.82) is 0 Å². The van der Waals surface area contributed by atoms with E-state index in [0.29, 0.717) is 5.69 Å². The van der Waals surface area contributed by atoms with Gasteiger partial charge in [-0.15, -0.1) is 11.3 Å². The van der Waals surface area contributed by atoms with E-state index in [2.05, 4.69) is 41.1 Å². The van der Waals surface area contributed by atoms with E-state index < -0.39 is 6.09 Å². The first-order valence-electron chi connectivity index (χ1n) is 10.9. The van der Waals surface area contributed by atoms with Crippen molar-refractivity contribution >= 4 is 46.7 Å². The normalized spacial score (nSPS) is 11.4. The van der Waals surface area contributed by atoms with Crippen LogP contribution in [0.2, 0.25) is 0 Å². The van der Waals surface area contributed by atoms with Gasteiger partial charge in [0, 0.05) is 46.1 Å². The molecule has 0 radical (unpaired) electrons. The van der Waals surface area contributed by atoms with Crippen LogP contribution < -0.4 is 15.4 Å². The van der Waals surface area contributed by atoms with Gasteiger partial charge < -0.3 is 10.1 Å². The van der Waals surface area contributed by atoms with Crippen molar-refractivity contribution in [3.8, 4) is 21.0 Å². The fourth-order valence-electron chi connectivity index (χ4n) is 2.89. The fourth-order valence-corrected chi connectivity index (χ4v) is 4.80. The molecular formula is C25H30N4O3S2. The molecule has 1 heterocycles. The summed E-state index contributed by atoms with van der Waals surface area (Å²) in [6.07, 6.45) is 1.21. The Labute approximate surface area is 208 Å². The third-order valence-corrected chi connectivity index (χ3v) is 6.61. The summed E-state index contributed by atoms with van der Waals surface area (Å²) in [4.78, 5) is 29.9. The van der Waals surface area contributed by atoms with Gasteiger partial charge in [0.25, 0.3) is 0 Å². The van der Waals surface area contributed by atoms with Crippen LogP contribution in [0.5, 0.6) is 0 Å². The first-order valence-corrected chi connectivity index (χ1v) is 12.5. The minimum Gasteiger partial charge on any atom is -0.447 e. The number of ether oxygens (including phenoxy) is 1. The van der Waals surface area contributed by atoms with Gasteiger partial charge in [0.05, 0.1) is 11.0 Å². The molecule has 0 spiro atoms. The summed E-state index contributed by atoms with van der Waals surface area (Å²) in [5, 5.41) is 6.44. The number of carbonyl (C=O) groups excluding carboxylic acids is 2. The predicted octanol–water partition coefficient (Wildman–Crippen LogP) is 6.79. The van der Waals surface area contributed by atoms with Gasteiger partial charge >= 0.3 is 6.09 Å². The highest BCUT2D eigenvalue weighted by Crippen LogP contribution is 2.38. The average Bonchev–Trinajstić information content (AvgIpc) is 3.21. The summed E-state index contributed by atoms with van der Waals surface area (Å²) in [5.74, 6) is -0.108. The van der Waals surface area contributed by atoms with Gasteiger partial charge in [-0.1, -0.05) is 6.07 Å². The summed E-state index contributed by atoms with van der Waals surface area (Å²) in [6.45, 7) is 11.4. The molecule has 9 heteroatoms. The first-order chi connectivity index (χ1) is 16.0. The number of anilines is 2. The summed E-state index contributed by atoms with van der Waals surface area (Å²) in [7, 11) is 0. The summed E-state index contributed by atoms with van der Waals surface area (Å²) < 4.78 is 8.56. The Morgan fingerprint density at radius 3 is 2.32 bits per heavy atom. The Morgan fingerprint density at radius 1 is 1.03 bits per heavy atom. The number of nitrogens with one attached hydrogen (secondary N) is 3. The minimum absolute atomic E-state index is 0.0812. The van der Waals surface area contributed by atoms with Crippen molar-refractivity contribution in [3.05, 3.63) is 48.7 Å². The Bertz CT molecular complexity index is 1150. The van der Waals surface area contributed by atoms with Crippen molar-refractivity contribution < 1.29 is 14.3 Å². The van der Waals surface area contributed by atoms with Gasteiger partial charge in [-0.2, -0.15) is 0 Å². The Hall–Kier alpha value is -2.88. The molecule has 180 valence electrons.